The Morgan fingerprint density at radius 3 is 2.58 bits per heavy atom. The molecule has 1 N–H and O–H groups in total. The van der Waals surface area contributed by atoms with Crippen molar-refractivity contribution in [3.8, 4) is 0 Å². The van der Waals surface area contributed by atoms with Gasteiger partial charge in [-0.15, -0.1) is 13.2 Å². The number of anilines is 2. The third-order valence-corrected chi connectivity index (χ3v) is 7.39. The quantitative estimate of drug-likeness (QED) is 0.511. The van der Waals surface area contributed by atoms with Crippen LogP contribution in [0.5, 0.6) is 0 Å². The van der Waals surface area contributed by atoms with Crippen molar-refractivity contribution in [2.75, 3.05) is 31.2 Å². The molecule has 1 saturated heterocycles. The van der Waals surface area contributed by atoms with Gasteiger partial charge in [0.1, 0.15) is 0 Å². The lowest BCUT2D eigenvalue weighted by atomic mass is 9.62. The SMILES string of the molecule is C=C.CB(O)c1cc2c(cc1C(F)F)N(c1nn(C3CCOCC3)c3c1CN(C(C)=O)CC3)CCC2. The fourth-order valence-electron chi connectivity index (χ4n) is 5.58. The molecule has 5 rings (SSSR count). The number of fused-ring (bicyclic) bond motifs is 2. The standard InChI is InChI=1S/C24H31BF2N4O3.C2H4/c1-15(32)29-9-5-21-19(14-29)24(28-31(21)17-6-10-34-11-7-17)30-8-3-4-16-12-20(25(2)33)18(23(26)27)13-22(16)30;1-2/h12-13,17,23,33H,3-11,14H2,1-2H3;1-2H2. The number of aromatic nitrogens is 2. The molecular weight excluding hydrogens is 465 g/mol. The molecule has 36 heavy (non-hydrogen) atoms. The first-order valence-electron chi connectivity index (χ1n) is 12.7. The number of aryl methyl sites for hydroxylation is 1. The molecular formula is C26H35BF2N4O3. The van der Waals surface area contributed by atoms with E-state index in [9.17, 15) is 18.6 Å². The molecule has 0 bridgehead atoms. The van der Waals surface area contributed by atoms with Crippen molar-refractivity contribution in [1.82, 2.24) is 14.7 Å². The summed E-state index contributed by atoms with van der Waals surface area (Å²) in [6.07, 6.45) is 1.43. The maximum absolute atomic E-state index is 13.9. The van der Waals surface area contributed by atoms with Crippen LogP contribution in [0.2, 0.25) is 6.82 Å². The Balaban J connectivity index is 0.00000148. The number of carbonyl (C=O) groups excluding carboxylic acids is 1. The number of amides is 1. The number of halogens is 2. The Morgan fingerprint density at radius 2 is 1.94 bits per heavy atom. The van der Waals surface area contributed by atoms with Gasteiger partial charge >= 0.3 is 6.92 Å². The molecule has 0 spiro atoms. The fraction of sp³-hybridized carbons (Fsp3) is 0.538. The molecule has 0 radical (unpaired) electrons. The van der Waals surface area contributed by atoms with Crippen molar-refractivity contribution < 1.29 is 23.3 Å². The maximum Gasteiger partial charge on any atom is 0.320 e. The number of alkyl halides is 2. The summed E-state index contributed by atoms with van der Waals surface area (Å²) in [7, 11) is 0. The highest BCUT2D eigenvalue weighted by molar-refractivity contribution is 6.65. The van der Waals surface area contributed by atoms with E-state index in [1.54, 1.807) is 13.0 Å². The van der Waals surface area contributed by atoms with Crippen molar-refractivity contribution in [2.24, 2.45) is 0 Å². The van der Waals surface area contributed by atoms with Crippen LogP contribution in [0.15, 0.2) is 25.3 Å². The van der Waals surface area contributed by atoms with E-state index in [1.165, 1.54) is 12.9 Å². The Bertz CT molecular complexity index is 1100. The first-order chi connectivity index (χ1) is 17.3. The van der Waals surface area contributed by atoms with Gasteiger partial charge in [0.2, 0.25) is 5.91 Å². The van der Waals surface area contributed by atoms with Crippen LogP contribution in [0.4, 0.5) is 20.3 Å². The molecule has 194 valence electrons. The maximum atomic E-state index is 13.9. The van der Waals surface area contributed by atoms with Gasteiger partial charge in [0.15, 0.2) is 5.82 Å². The summed E-state index contributed by atoms with van der Waals surface area (Å²) in [5.74, 6) is 0.787. The average Bonchev–Trinajstić information content (AvgIpc) is 3.27. The zero-order chi connectivity index (χ0) is 26.0. The Hall–Kier alpha value is -2.72. The van der Waals surface area contributed by atoms with Gasteiger partial charge in [0, 0.05) is 62.2 Å². The summed E-state index contributed by atoms with van der Waals surface area (Å²) >= 11 is 0. The Kier molecular flexibility index (Phi) is 8.15. The molecule has 0 atom stereocenters. The summed E-state index contributed by atoms with van der Waals surface area (Å²) < 4.78 is 35.6. The minimum atomic E-state index is -2.68. The van der Waals surface area contributed by atoms with Crippen LogP contribution >= 0.6 is 0 Å². The number of nitrogens with zero attached hydrogens (tertiary/aromatic N) is 4. The summed E-state index contributed by atoms with van der Waals surface area (Å²) in [4.78, 5) is 16.1. The van der Waals surface area contributed by atoms with E-state index < -0.39 is 13.3 Å². The number of hydrogen-bond acceptors (Lipinski definition) is 5. The fourth-order valence-corrected chi connectivity index (χ4v) is 5.58. The van der Waals surface area contributed by atoms with Gasteiger partial charge in [-0.2, -0.15) is 5.10 Å². The minimum absolute atomic E-state index is 0.0241. The molecule has 1 aromatic carbocycles. The van der Waals surface area contributed by atoms with Crippen molar-refractivity contribution in [3.63, 3.8) is 0 Å². The molecule has 1 fully saturated rings. The molecule has 3 aliphatic heterocycles. The molecule has 4 heterocycles. The van der Waals surface area contributed by atoms with Crippen molar-refractivity contribution in [1.29, 1.82) is 0 Å². The van der Waals surface area contributed by atoms with Crippen LogP contribution in [0.25, 0.3) is 0 Å². The summed E-state index contributed by atoms with van der Waals surface area (Å²) in [6, 6.07) is 3.50. The summed E-state index contributed by atoms with van der Waals surface area (Å²) in [6.45, 7) is 11.3. The molecule has 0 unspecified atom stereocenters. The highest BCUT2D eigenvalue weighted by Gasteiger charge is 2.34. The van der Waals surface area contributed by atoms with Crippen molar-refractivity contribution in [3.05, 3.63) is 47.7 Å². The number of benzene rings is 1. The van der Waals surface area contributed by atoms with Crippen molar-refractivity contribution in [2.45, 2.75) is 64.9 Å². The lowest BCUT2D eigenvalue weighted by Gasteiger charge is -2.33. The third kappa shape index (κ3) is 4.93. The largest absolute Gasteiger partial charge is 0.446 e. The molecule has 0 aliphatic carbocycles. The van der Waals surface area contributed by atoms with Gasteiger partial charge in [-0.25, -0.2) is 8.78 Å². The van der Waals surface area contributed by atoms with Gasteiger partial charge in [-0.1, -0.05) is 12.9 Å². The first kappa shape index (κ1) is 26.4. The third-order valence-electron chi connectivity index (χ3n) is 7.39. The monoisotopic (exact) mass is 500 g/mol. The highest BCUT2D eigenvalue weighted by Crippen LogP contribution is 2.40. The van der Waals surface area contributed by atoms with Gasteiger partial charge < -0.3 is 19.6 Å². The van der Waals surface area contributed by atoms with E-state index in [4.69, 9.17) is 9.84 Å². The van der Waals surface area contributed by atoms with Gasteiger partial charge in [0.25, 0.3) is 6.43 Å². The topological polar surface area (TPSA) is 70.8 Å². The van der Waals surface area contributed by atoms with Crippen LogP contribution in [-0.2, 0) is 28.9 Å². The second-order valence-corrected chi connectivity index (χ2v) is 9.57. The van der Waals surface area contributed by atoms with E-state index in [0.29, 0.717) is 32.8 Å². The van der Waals surface area contributed by atoms with Crippen LogP contribution in [-0.4, -0.2) is 58.8 Å². The van der Waals surface area contributed by atoms with Crippen LogP contribution < -0.4 is 10.4 Å². The molecule has 3 aliphatic rings. The number of carbonyl (C=O) groups is 1. The number of hydrogen-bond donors (Lipinski definition) is 1. The Labute approximate surface area is 211 Å². The zero-order valence-corrected chi connectivity index (χ0v) is 21.2. The normalized spacial score (nSPS) is 17.8. The second-order valence-electron chi connectivity index (χ2n) is 9.57. The summed E-state index contributed by atoms with van der Waals surface area (Å²) in [5.41, 5.74) is 3.97. The predicted octanol–water partition coefficient (Wildman–Crippen LogP) is 3.78. The van der Waals surface area contributed by atoms with E-state index in [1.807, 2.05) is 4.90 Å². The van der Waals surface area contributed by atoms with Gasteiger partial charge in [-0.05, 0) is 42.8 Å². The van der Waals surface area contributed by atoms with E-state index in [0.717, 1.165) is 60.4 Å². The molecule has 0 saturated carbocycles. The lowest BCUT2D eigenvalue weighted by molar-refractivity contribution is -0.129. The van der Waals surface area contributed by atoms with Crippen molar-refractivity contribution >= 4 is 29.8 Å². The molecule has 2 aromatic rings. The molecule has 10 heteroatoms. The Morgan fingerprint density at radius 1 is 1.22 bits per heavy atom. The van der Waals surface area contributed by atoms with E-state index >= 15 is 0 Å². The molecule has 1 amide bonds. The summed E-state index contributed by atoms with van der Waals surface area (Å²) in [5, 5.41) is 15.2. The minimum Gasteiger partial charge on any atom is -0.446 e. The second kappa shape index (κ2) is 11.1. The first-order valence-corrected chi connectivity index (χ1v) is 12.7. The smallest absolute Gasteiger partial charge is 0.320 e. The zero-order valence-electron chi connectivity index (χ0n) is 21.2. The van der Waals surface area contributed by atoms with E-state index in [-0.39, 0.29) is 23.0 Å². The van der Waals surface area contributed by atoms with E-state index in [2.05, 4.69) is 22.7 Å². The number of rotatable bonds is 4. The van der Waals surface area contributed by atoms with Gasteiger partial charge in [-0.3, -0.25) is 9.48 Å². The number of ether oxygens (including phenoxy) is 1. The highest BCUT2D eigenvalue weighted by atomic mass is 19.3. The molecule has 7 nitrogen and oxygen atoms in total. The van der Waals surface area contributed by atoms with Gasteiger partial charge in [0.05, 0.1) is 12.6 Å². The van der Waals surface area contributed by atoms with Crippen LogP contribution in [0.3, 0.4) is 0 Å². The predicted molar refractivity (Wildman–Crippen MR) is 138 cm³/mol. The lowest BCUT2D eigenvalue weighted by Crippen LogP contribution is -2.36. The van der Waals surface area contributed by atoms with Crippen LogP contribution in [0.1, 0.15) is 61.0 Å². The average molecular weight is 500 g/mol. The molecule has 1 aromatic heterocycles. The van der Waals surface area contributed by atoms with Crippen LogP contribution in [0, 0.1) is 0 Å².